The van der Waals surface area contributed by atoms with Crippen LogP contribution in [0.1, 0.15) is 12.8 Å². The average molecular weight is 288 g/mol. The SMILES string of the molecule is C=CCN1CC2(CCN(S(C)(=O)=O)CC2)OCC1=O. The standard InChI is InChI=1S/C12H20N2O4S/c1-3-6-13-10-12(18-9-11(13)15)4-7-14(8-5-12)19(2,16)17/h3H,1,4-10H2,2H3. The highest BCUT2D eigenvalue weighted by Crippen LogP contribution is 2.31. The predicted octanol–water partition coefficient (Wildman–Crippen LogP) is -0.175. The molecule has 19 heavy (non-hydrogen) atoms. The zero-order valence-corrected chi connectivity index (χ0v) is 12.0. The van der Waals surface area contributed by atoms with Crippen molar-refractivity contribution in [2.45, 2.75) is 18.4 Å². The maximum atomic E-state index is 11.7. The van der Waals surface area contributed by atoms with Crippen LogP contribution < -0.4 is 0 Å². The fraction of sp³-hybridized carbons (Fsp3) is 0.750. The highest BCUT2D eigenvalue weighted by Gasteiger charge is 2.43. The number of hydrogen-bond donors (Lipinski definition) is 0. The molecule has 0 unspecified atom stereocenters. The Morgan fingerprint density at radius 3 is 2.58 bits per heavy atom. The molecule has 0 N–H and O–H groups in total. The molecule has 2 aliphatic rings. The summed E-state index contributed by atoms with van der Waals surface area (Å²) in [5.41, 5.74) is -0.391. The van der Waals surface area contributed by atoms with E-state index >= 15 is 0 Å². The highest BCUT2D eigenvalue weighted by atomic mass is 32.2. The second kappa shape index (κ2) is 5.22. The molecular formula is C12H20N2O4S. The Bertz CT molecular complexity index is 466. The van der Waals surface area contributed by atoms with Crippen molar-refractivity contribution >= 4 is 15.9 Å². The normalized spacial score (nSPS) is 24.7. The van der Waals surface area contributed by atoms with E-state index in [1.165, 1.54) is 10.6 Å². The van der Waals surface area contributed by atoms with Crippen molar-refractivity contribution in [3.05, 3.63) is 12.7 Å². The van der Waals surface area contributed by atoms with Crippen LogP contribution in [-0.2, 0) is 19.6 Å². The second-order valence-corrected chi connectivity index (χ2v) is 7.18. The van der Waals surface area contributed by atoms with E-state index in [0.29, 0.717) is 39.0 Å². The van der Waals surface area contributed by atoms with Gasteiger partial charge in [0.15, 0.2) is 0 Å². The molecule has 0 aromatic rings. The van der Waals surface area contributed by atoms with E-state index in [4.69, 9.17) is 4.74 Å². The first kappa shape index (κ1) is 14.5. The molecule has 0 bridgehead atoms. The quantitative estimate of drug-likeness (QED) is 0.676. The van der Waals surface area contributed by atoms with Crippen molar-refractivity contribution in [2.24, 2.45) is 0 Å². The Morgan fingerprint density at radius 2 is 2.05 bits per heavy atom. The average Bonchev–Trinajstić information content (AvgIpc) is 2.34. The summed E-state index contributed by atoms with van der Waals surface area (Å²) in [4.78, 5) is 13.4. The molecule has 2 rings (SSSR count). The maximum Gasteiger partial charge on any atom is 0.248 e. The third-order valence-corrected chi connectivity index (χ3v) is 5.09. The van der Waals surface area contributed by atoms with Crippen LogP contribution in [0.25, 0.3) is 0 Å². The number of hydrogen-bond acceptors (Lipinski definition) is 4. The van der Waals surface area contributed by atoms with Crippen LogP contribution in [0.2, 0.25) is 0 Å². The topological polar surface area (TPSA) is 66.9 Å². The van der Waals surface area contributed by atoms with Gasteiger partial charge in [-0.2, -0.15) is 0 Å². The van der Waals surface area contributed by atoms with E-state index in [-0.39, 0.29) is 12.5 Å². The number of amides is 1. The zero-order valence-electron chi connectivity index (χ0n) is 11.2. The van der Waals surface area contributed by atoms with Crippen LogP contribution in [0.15, 0.2) is 12.7 Å². The number of carbonyl (C=O) groups excluding carboxylic acids is 1. The first-order valence-electron chi connectivity index (χ1n) is 6.34. The Morgan fingerprint density at radius 1 is 1.42 bits per heavy atom. The summed E-state index contributed by atoms with van der Waals surface area (Å²) in [5.74, 6) is -0.0314. The van der Waals surface area contributed by atoms with E-state index < -0.39 is 15.6 Å². The van der Waals surface area contributed by atoms with Gasteiger partial charge in [-0.25, -0.2) is 12.7 Å². The Labute approximate surface area is 114 Å². The second-order valence-electron chi connectivity index (χ2n) is 5.20. The summed E-state index contributed by atoms with van der Waals surface area (Å²) < 4.78 is 30.1. The Kier molecular flexibility index (Phi) is 3.98. The van der Waals surface area contributed by atoms with E-state index in [1.807, 2.05) is 0 Å². The lowest BCUT2D eigenvalue weighted by Gasteiger charge is -2.46. The van der Waals surface area contributed by atoms with E-state index in [9.17, 15) is 13.2 Å². The predicted molar refractivity (Wildman–Crippen MR) is 71.1 cm³/mol. The molecule has 7 heteroatoms. The fourth-order valence-electron chi connectivity index (χ4n) is 2.64. The van der Waals surface area contributed by atoms with Crippen molar-refractivity contribution in [2.75, 3.05) is 39.0 Å². The van der Waals surface area contributed by atoms with Gasteiger partial charge in [0.1, 0.15) is 6.61 Å². The molecule has 0 aromatic carbocycles. The van der Waals surface area contributed by atoms with E-state index in [0.717, 1.165) is 0 Å². The van der Waals surface area contributed by atoms with Gasteiger partial charge in [0.05, 0.1) is 18.4 Å². The molecule has 0 aromatic heterocycles. The Hall–Kier alpha value is -0.920. The van der Waals surface area contributed by atoms with Crippen molar-refractivity contribution < 1.29 is 17.9 Å². The molecule has 2 fully saturated rings. The van der Waals surface area contributed by atoms with Gasteiger partial charge in [0.2, 0.25) is 15.9 Å². The van der Waals surface area contributed by atoms with E-state index in [1.54, 1.807) is 11.0 Å². The molecule has 2 heterocycles. The fourth-order valence-corrected chi connectivity index (χ4v) is 3.48. The molecule has 108 valence electrons. The van der Waals surface area contributed by atoms with Gasteiger partial charge in [-0.3, -0.25) is 4.79 Å². The van der Waals surface area contributed by atoms with Gasteiger partial charge in [-0.05, 0) is 12.8 Å². The zero-order chi connectivity index (χ0) is 14.1. The molecule has 6 nitrogen and oxygen atoms in total. The van der Waals surface area contributed by atoms with Gasteiger partial charge < -0.3 is 9.64 Å². The summed E-state index contributed by atoms with van der Waals surface area (Å²) in [7, 11) is -3.13. The van der Waals surface area contributed by atoms with Crippen LogP contribution in [0.3, 0.4) is 0 Å². The minimum atomic E-state index is -3.13. The van der Waals surface area contributed by atoms with Crippen molar-refractivity contribution in [3.63, 3.8) is 0 Å². The number of piperidine rings is 1. The van der Waals surface area contributed by atoms with Gasteiger partial charge in [0.25, 0.3) is 0 Å². The molecule has 0 atom stereocenters. The molecule has 0 saturated carbocycles. The van der Waals surface area contributed by atoms with Crippen LogP contribution in [-0.4, -0.2) is 68.2 Å². The van der Waals surface area contributed by atoms with Crippen molar-refractivity contribution in [1.29, 1.82) is 0 Å². The minimum absolute atomic E-state index is 0.0314. The lowest BCUT2D eigenvalue weighted by molar-refractivity contribution is -0.168. The number of nitrogens with zero attached hydrogens (tertiary/aromatic N) is 2. The Balaban J connectivity index is 2.02. The summed E-state index contributed by atoms with van der Waals surface area (Å²) in [5, 5.41) is 0. The number of sulfonamides is 1. The molecule has 2 saturated heterocycles. The van der Waals surface area contributed by atoms with Gasteiger partial charge >= 0.3 is 0 Å². The third kappa shape index (κ3) is 3.16. The molecular weight excluding hydrogens is 268 g/mol. The largest absolute Gasteiger partial charge is 0.363 e. The molecule has 0 radical (unpaired) electrons. The molecule has 1 spiro atoms. The third-order valence-electron chi connectivity index (χ3n) is 3.79. The van der Waals surface area contributed by atoms with Gasteiger partial charge in [-0.15, -0.1) is 6.58 Å². The first-order chi connectivity index (χ1) is 8.86. The summed E-state index contributed by atoms with van der Waals surface area (Å²) in [6.07, 6.45) is 4.17. The smallest absolute Gasteiger partial charge is 0.248 e. The maximum absolute atomic E-state index is 11.7. The molecule has 2 aliphatic heterocycles. The number of rotatable bonds is 3. The van der Waals surface area contributed by atoms with Gasteiger partial charge in [-0.1, -0.05) is 6.08 Å². The summed E-state index contributed by atoms with van der Waals surface area (Å²) >= 11 is 0. The van der Waals surface area contributed by atoms with Crippen molar-refractivity contribution in [3.8, 4) is 0 Å². The first-order valence-corrected chi connectivity index (χ1v) is 8.19. The number of ether oxygens (including phenoxy) is 1. The monoisotopic (exact) mass is 288 g/mol. The molecule has 0 aliphatic carbocycles. The van der Waals surface area contributed by atoms with E-state index in [2.05, 4.69) is 6.58 Å². The van der Waals surface area contributed by atoms with Crippen LogP contribution in [0, 0.1) is 0 Å². The summed E-state index contributed by atoms with van der Waals surface area (Å²) in [6.45, 7) is 5.66. The lowest BCUT2D eigenvalue weighted by Crippen LogP contribution is -2.59. The molecule has 1 amide bonds. The van der Waals surface area contributed by atoms with Crippen LogP contribution in [0.5, 0.6) is 0 Å². The minimum Gasteiger partial charge on any atom is -0.363 e. The van der Waals surface area contributed by atoms with Crippen LogP contribution in [0.4, 0.5) is 0 Å². The van der Waals surface area contributed by atoms with Gasteiger partial charge in [0, 0.05) is 19.6 Å². The number of carbonyl (C=O) groups is 1. The van der Waals surface area contributed by atoms with Crippen molar-refractivity contribution in [1.82, 2.24) is 9.21 Å². The lowest BCUT2D eigenvalue weighted by atomic mass is 9.90. The highest BCUT2D eigenvalue weighted by molar-refractivity contribution is 7.88. The summed E-state index contributed by atoms with van der Waals surface area (Å²) in [6, 6.07) is 0. The van der Waals surface area contributed by atoms with Crippen LogP contribution >= 0.6 is 0 Å². The number of morpholine rings is 1.